The van der Waals surface area contributed by atoms with Crippen LogP contribution in [-0.2, 0) is 13.0 Å². The van der Waals surface area contributed by atoms with Crippen molar-refractivity contribution < 1.29 is 4.74 Å². The van der Waals surface area contributed by atoms with Gasteiger partial charge >= 0.3 is 0 Å². The Morgan fingerprint density at radius 2 is 1.96 bits per heavy atom. The number of pyridine rings is 1. The van der Waals surface area contributed by atoms with E-state index in [0.29, 0.717) is 17.9 Å². The van der Waals surface area contributed by atoms with E-state index >= 15 is 0 Å². The van der Waals surface area contributed by atoms with E-state index in [1.165, 1.54) is 0 Å². The van der Waals surface area contributed by atoms with Crippen LogP contribution in [0.2, 0.25) is 0 Å². The SMILES string of the molecule is CCCc1nc(C)c2c(=O)n(CCC)c3ccc(OC)nc3n12. The van der Waals surface area contributed by atoms with Crippen LogP contribution in [0.1, 0.15) is 38.2 Å². The van der Waals surface area contributed by atoms with Crippen LogP contribution in [0.3, 0.4) is 0 Å². The molecule has 0 saturated carbocycles. The average molecular weight is 314 g/mol. The summed E-state index contributed by atoms with van der Waals surface area (Å²) in [5, 5.41) is 0. The average Bonchev–Trinajstić information content (AvgIpc) is 2.88. The lowest BCUT2D eigenvalue weighted by atomic mass is 10.3. The smallest absolute Gasteiger partial charge is 0.277 e. The molecule has 23 heavy (non-hydrogen) atoms. The van der Waals surface area contributed by atoms with Crippen molar-refractivity contribution in [3.8, 4) is 5.88 Å². The van der Waals surface area contributed by atoms with Crippen molar-refractivity contribution in [1.82, 2.24) is 18.9 Å². The summed E-state index contributed by atoms with van der Waals surface area (Å²) < 4.78 is 8.98. The van der Waals surface area contributed by atoms with E-state index in [-0.39, 0.29) is 5.56 Å². The molecule has 0 aromatic carbocycles. The normalized spacial score (nSPS) is 11.5. The van der Waals surface area contributed by atoms with Crippen molar-refractivity contribution in [1.29, 1.82) is 0 Å². The second kappa shape index (κ2) is 6.02. The number of aromatic nitrogens is 4. The van der Waals surface area contributed by atoms with Gasteiger partial charge in [-0.15, -0.1) is 0 Å². The summed E-state index contributed by atoms with van der Waals surface area (Å²) >= 11 is 0. The summed E-state index contributed by atoms with van der Waals surface area (Å²) in [7, 11) is 1.60. The Bertz CT molecular complexity index is 924. The summed E-state index contributed by atoms with van der Waals surface area (Å²) in [6.45, 7) is 6.71. The van der Waals surface area contributed by atoms with Gasteiger partial charge in [0.1, 0.15) is 11.3 Å². The fraction of sp³-hybridized carbons (Fsp3) is 0.471. The monoisotopic (exact) mass is 314 g/mol. The molecule has 3 aromatic rings. The molecule has 0 aliphatic heterocycles. The van der Waals surface area contributed by atoms with Crippen LogP contribution >= 0.6 is 0 Å². The summed E-state index contributed by atoms with van der Waals surface area (Å²) in [6, 6.07) is 3.70. The van der Waals surface area contributed by atoms with E-state index < -0.39 is 0 Å². The molecule has 0 radical (unpaired) electrons. The number of methoxy groups -OCH3 is 1. The Labute approximate surface area is 134 Å². The van der Waals surface area contributed by atoms with Crippen LogP contribution in [0.15, 0.2) is 16.9 Å². The van der Waals surface area contributed by atoms with E-state index in [0.717, 1.165) is 41.9 Å². The van der Waals surface area contributed by atoms with Gasteiger partial charge in [0.2, 0.25) is 5.88 Å². The van der Waals surface area contributed by atoms with E-state index in [1.54, 1.807) is 17.7 Å². The Balaban J connectivity index is 2.53. The van der Waals surface area contributed by atoms with E-state index in [1.807, 2.05) is 17.4 Å². The molecule has 0 bridgehead atoms. The molecular formula is C17H22N4O2. The molecule has 0 aliphatic rings. The number of ether oxygens (including phenoxy) is 1. The van der Waals surface area contributed by atoms with Gasteiger partial charge in [0.25, 0.3) is 5.56 Å². The van der Waals surface area contributed by atoms with Crippen LogP contribution in [0.4, 0.5) is 0 Å². The van der Waals surface area contributed by atoms with Gasteiger partial charge in [-0.1, -0.05) is 13.8 Å². The Morgan fingerprint density at radius 1 is 1.17 bits per heavy atom. The minimum absolute atomic E-state index is 0.00123. The standard InChI is InChI=1S/C17H22N4O2/c1-5-7-13-18-11(3)15-17(22)20(10-6-2)12-8-9-14(23-4)19-16(12)21(13)15/h8-9H,5-7,10H2,1-4H3. The van der Waals surface area contributed by atoms with Gasteiger partial charge in [-0.2, -0.15) is 4.98 Å². The van der Waals surface area contributed by atoms with Crippen LogP contribution < -0.4 is 10.3 Å². The molecule has 3 heterocycles. The van der Waals surface area contributed by atoms with Crippen molar-refractivity contribution in [3.63, 3.8) is 0 Å². The van der Waals surface area contributed by atoms with E-state index in [4.69, 9.17) is 4.74 Å². The Hall–Kier alpha value is -2.37. The van der Waals surface area contributed by atoms with Crippen molar-refractivity contribution in [2.45, 2.75) is 46.6 Å². The maximum absolute atomic E-state index is 13.0. The maximum atomic E-state index is 13.0. The minimum Gasteiger partial charge on any atom is -0.481 e. The van der Waals surface area contributed by atoms with Gasteiger partial charge in [0.05, 0.1) is 18.3 Å². The summed E-state index contributed by atoms with van der Waals surface area (Å²) in [6.07, 6.45) is 2.65. The fourth-order valence-electron chi connectivity index (χ4n) is 3.05. The van der Waals surface area contributed by atoms with Crippen LogP contribution in [0.25, 0.3) is 16.7 Å². The highest BCUT2D eigenvalue weighted by Crippen LogP contribution is 2.21. The summed E-state index contributed by atoms with van der Waals surface area (Å²) in [5.74, 6) is 1.42. The molecule has 6 nitrogen and oxygen atoms in total. The molecule has 0 aliphatic carbocycles. The number of hydrogen-bond donors (Lipinski definition) is 0. The number of fused-ring (bicyclic) bond motifs is 3. The number of imidazole rings is 1. The van der Waals surface area contributed by atoms with E-state index in [2.05, 4.69) is 23.8 Å². The molecule has 0 saturated heterocycles. The lowest BCUT2D eigenvalue weighted by Crippen LogP contribution is -2.24. The first-order valence-corrected chi connectivity index (χ1v) is 8.07. The highest BCUT2D eigenvalue weighted by atomic mass is 16.5. The number of hydrogen-bond acceptors (Lipinski definition) is 4. The second-order valence-electron chi connectivity index (χ2n) is 5.70. The zero-order chi connectivity index (χ0) is 16.6. The van der Waals surface area contributed by atoms with E-state index in [9.17, 15) is 4.79 Å². The lowest BCUT2D eigenvalue weighted by Gasteiger charge is -2.13. The largest absolute Gasteiger partial charge is 0.481 e. The molecule has 3 rings (SSSR count). The Kier molecular flexibility index (Phi) is 4.07. The zero-order valence-electron chi connectivity index (χ0n) is 14.1. The molecule has 122 valence electrons. The lowest BCUT2D eigenvalue weighted by molar-refractivity contribution is 0.399. The fourth-order valence-corrected chi connectivity index (χ4v) is 3.05. The van der Waals surface area contributed by atoms with Gasteiger partial charge in [0.15, 0.2) is 5.65 Å². The molecule has 0 spiro atoms. The van der Waals surface area contributed by atoms with Crippen LogP contribution in [0, 0.1) is 6.92 Å². The zero-order valence-corrected chi connectivity index (χ0v) is 14.1. The molecule has 0 N–H and O–H groups in total. The predicted molar refractivity (Wildman–Crippen MR) is 90.3 cm³/mol. The third-order valence-electron chi connectivity index (χ3n) is 4.03. The molecule has 0 fully saturated rings. The maximum Gasteiger partial charge on any atom is 0.277 e. The molecule has 3 aromatic heterocycles. The first-order chi connectivity index (χ1) is 11.1. The number of rotatable bonds is 5. The summed E-state index contributed by atoms with van der Waals surface area (Å²) in [4.78, 5) is 22.2. The van der Waals surface area contributed by atoms with Gasteiger partial charge in [0, 0.05) is 19.0 Å². The van der Waals surface area contributed by atoms with Crippen molar-refractivity contribution in [2.75, 3.05) is 7.11 Å². The second-order valence-corrected chi connectivity index (χ2v) is 5.70. The van der Waals surface area contributed by atoms with Crippen molar-refractivity contribution in [3.05, 3.63) is 34.0 Å². The topological polar surface area (TPSA) is 61.4 Å². The molecule has 0 atom stereocenters. The van der Waals surface area contributed by atoms with Crippen LogP contribution in [-0.4, -0.2) is 26.0 Å². The van der Waals surface area contributed by atoms with Gasteiger partial charge in [-0.25, -0.2) is 4.98 Å². The first kappa shape index (κ1) is 15.5. The molecule has 0 amide bonds. The highest BCUT2D eigenvalue weighted by Gasteiger charge is 2.18. The predicted octanol–water partition coefficient (Wildman–Crippen LogP) is 2.72. The van der Waals surface area contributed by atoms with Crippen LogP contribution in [0.5, 0.6) is 5.88 Å². The molecular weight excluding hydrogens is 292 g/mol. The quantitative estimate of drug-likeness (QED) is 0.726. The molecule has 6 heteroatoms. The first-order valence-electron chi connectivity index (χ1n) is 8.07. The van der Waals surface area contributed by atoms with Crippen molar-refractivity contribution >= 4 is 16.7 Å². The number of nitrogens with zero attached hydrogens (tertiary/aromatic N) is 4. The third kappa shape index (κ3) is 2.38. The Morgan fingerprint density at radius 3 is 2.61 bits per heavy atom. The minimum atomic E-state index is -0.00123. The van der Waals surface area contributed by atoms with Gasteiger partial charge < -0.3 is 9.30 Å². The summed E-state index contributed by atoms with van der Waals surface area (Å²) in [5.41, 5.74) is 2.93. The number of aryl methyl sites for hydroxylation is 3. The van der Waals surface area contributed by atoms with Gasteiger partial charge in [-0.3, -0.25) is 9.20 Å². The highest BCUT2D eigenvalue weighted by molar-refractivity contribution is 5.77. The molecule has 0 unspecified atom stereocenters. The van der Waals surface area contributed by atoms with Crippen molar-refractivity contribution in [2.24, 2.45) is 0 Å². The third-order valence-corrected chi connectivity index (χ3v) is 4.03. The van der Waals surface area contributed by atoms with Gasteiger partial charge in [-0.05, 0) is 25.8 Å².